The smallest absolute Gasteiger partial charge is 0.411 e. The number of nitrogens with zero attached hydrogens (tertiary/aromatic N) is 2. The van der Waals surface area contributed by atoms with Gasteiger partial charge in [0.2, 0.25) is 0 Å². The first-order valence-corrected chi connectivity index (χ1v) is 6.11. The molecule has 1 fully saturated rings. The Bertz CT molecular complexity index is 356. The summed E-state index contributed by atoms with van der Waals surface area (Å²) in [4.78, 5) is 29.8. The summed E-state index contributed by atoms with van der Waals surface area (Å²) >= 11 is 0. The minimum absolute atomic E-state index is 0.0359. The number of rotatable bonds is 2. The van der Waals surface area contributed by atoms with Crippen LogP contribution in [0.15, 0.2) is 0 Å². The summed E-state index contributed by atoms with van der Waals surface area (Å²) in [6.45, 7) is 5.01. The Morgan fingerprint density at radius 3 is 2.42 bits per heavy atom. The van der Waals surface area contributed by atoms with Crippen molar-refractivity contribution in [3.05, 3.63) is 0 Å². The Labute approximate surface area is 112 Å². The van der Waals surface area contributed by atoms with Crippen molar-refractivity contribution in [1.82, 2.24) is 9.96 Å². The van der Waals surface area contributed by atoms with E-state index in [0.717, 1.165) is 9.96 Å². The number of carbonyl (C=O) groups is 2. The van der Waals surface area contributed by atoms with Crippen molar-refractivity contribution in [2.24, 2.45) is 0 Å². The summed E-state index contributed by atoms with van der Waals surface area (Å²) in [6.07, 6.45) is -1.95. The van der Waals surface area contributed by atoms with Crippen molar-refractivity contribution in [1.29, 1.82) is 0 Å². The van der Waals surface area contributed by atoms with Gasteiger partial charge < -0.3 is 4.74 Å². The zero-order valence-electron chi connectivity index (χ0n) is 12.0. The molecule has 1 aliphatic rings. The van der Waals surface area contributed by atoms with Crippen LogP contribution in [0.25, 0.3) is 0 Å². The van der Waals surface area contributed by atoms with Gasteiger partial charge in [0.15, 0.2) is 0 Å². The lowest BCUT2D eigenvalue weighted by molar-refractivity contribution is -0.173. The molecule has 1 aliphatic heterocycles. The number of hydroxylamine groups is 2. The highest BCUT2D eigenvalue weighted by Gasteiger charge is 2.42. The van der Waals surface area contributed by atoms with Gasteiger partial charge in [0.25, 0.3) is 5.91 Å². The van der Waals surface area contributed by atoms with Gasteiger partial charge in [0.1, 0.15) is 17.8 Å². The molecule has 0 aromatic carbocycles. The van der Waals surface area contributed by atoms with Crippen molar-refractivity contribution in [3.8, 4) is 0 Å². The van der Waals surface area contributed by atoms with Gasteiger partial charge in [0, 0.05) is 13.5 Å². The van der Waals surface area contributed by atoms with Crippen LogP contribution in [0, 0.1) is 0 Å². The van der Waals surface area contributed by atoms with Crippen molar-refractivity contribution >= 4 is 12.0 Å². The molecule has 2 amide bonds. The molecule has 2 atom stereocenters. The van der Waals surface area contributed by atoms with Gasteiger partial charge in [-0.25, -0.2) is 14.2 Å². The first-order valence-electron chi connectivity index (χ1n) is 6.11. The quantitative estimate of drug-likeness (QED) is 0.714. The molecule has 0 saturated carbocycles. The van der Waals surface area contributed by atoms with Gasteiger partial charge in [-0.05, 0) is 20.8 Å². The fourth-order valence-electron chi connectivity index (χ4n) is 1.84. The van der Waals surface area contributed by atoms with E-state index in [-0.39, 0.29) is 13.0 Å². The molecule has 0 aromatic rings. The van der Waals surface area contributed by atoms with Crippen molar-refractivity contribution < 1.29 is 23.6 Å². The maximum absolute atomic E-state index is 13.5. The molecule has 19 heavy (non-hydrogen) atoms. The summed E-state index contributed by atoms with van der Waals surface area (Å²) in [6, 6.07) is -0.880. The van der Waals surface area contributed by atoms with Crippen LogP contribution in [0.5, 0.6) is 0 Å². The number of alkyl halides is 1. The Morgan fingerprint density at radius 1 is 1.37 bits per heavy atom. The molecule has 1 saturated heterocycles. The monoisotopic (exact) mass is 276 g/mol. The summed E-state index contributed by atoms with van der Waals surface area (Å²) in [5, 5.41) is 0.986. The predicted molar refractivity (Wildman–Crippen MR) is 66.0 cm³/mol. The second-order valence-corrected chi connectivity index (χ2v) is 5.50. The molecule has 110 valence electrons. The highest BCUT2D eigenvalue weighted by atomic mass is 19.1. The summed E-state index contributed by atoms with van der Waals surface area (Å²) in [7, 11) is 2.75. The minimum Gasteiger partial charge on any atom is -0.444 e. The van der Waals surface area contributed by atoms with E-state index in [1.807, 2.05) is 0 Å². The van der Waals surface area contributed by atoms with E-state index in [2.05, 4.69) is 0 Å². The van der Waals surface area contributed by atoms with Gasteiger partial charge in [-0.2, -0.15) is 0 Å². The van der Waals surface area contributed by atoms with Crippen LogP contribution in [-0.4, -0.2) is 60.5 Å². The molecule has 0 N–H and O–H groups in total. The van der Waals surface area contributed by atoms with Gasteiger partial charge in [-0.1, -0.05) is 0 Å². The van der Waals surface area contributed by atoms with Gasteiger partial charge in [0.05, 0.1) is 13.7 Å². The third kappa shape index (κ3) is 4.05. The highest BCUT2D eigenvalue weighted by Crippen LogP contribution is 2.24. The van der Waals surface area contributed by atoms with Crippen LogP contribution in [0.1, 0.15) is 27.2 Å². The topological polar surface area (TPSA) is 59.1 Å². The lowest BCUT2D eigenvalue weighted by atomic mass is 10.2. The van der Waals surface area contributed by atoms with Crippen LogP contribution < -0.4 is 0 Å². The number of likely N-dealkylation sites (N-methyl/N-ethyl adjacent to an activating group) is 1. The average Bonchev–Trinajstić information content (AvgIpc) is 2.67. The number of likely N-dealkylation sites (tertiary alicyclic amines) is 1. The van der Waals surface area contributed by atoms with Crippen molar-refractivity contribution in [3.63, 3.8) is 0 Å². The lowest BCUT2D eigenvalue weighted by Gasteiger charge is -2.29. The molecule has 1 heterocycles. The fraction of sp³-hybridized carbons (Fsp3) is 0.833. The lowest BCUT2D eigenvalue weighted by Crippen LogP contribution is -2.47. The first kappa shape index (κ1) is 15.7. The van der Waals surface area contributed by atoms with Gasteiger partial charge >= 0.3 is 6.09 Å². The predicted octanol–water partition coefficient (Wildman–Crippen LogP) is 1.35. The summed E-state index contributed by atoms with van der Waals surface area (Å²) in [5.74, 6) is -0.464. The van der Waals surface area contributed by atoms with Crippen LogP contribution in [0.4, 0.5) is 9.18 Å². The average molecular weight is 276 g/mol. The largest absolute Gasteiger partial charge is 0.444 e. The molecule has 1 rings (SSSR count). The molecule has 2 unspecified atom stereocenters. The highest BCUT2D eigenvalue weighted by molar-refractivity contribution is 5.85. The number of carbonyl (C=O) groups excluding carboxylic acids is 2. The normalized spacial score (nSPS) is 23.4. The molecule has 0 radical (unpaired) electrons. The van der Waals surface area contributed by atoms with E-state index in [4.69, 9.17) is 9.57 Å². The molecular formula is C12H21FN2O4. The molecule has 0 bridgehead atoms. The van der Waals surface area contributed by atoms with Crippen LogP contribution >= 0.6 is 0 Å². The zero-order chi connectivity index (χ0) is 14.8. The molecule has 7 heteroatoms. The maximum atomic E-state index is 13.5. The fourth-order valence-corrected chi connectivity index (χ4v) is 1.84. The Morgan fingerprint density at radius 2 is 1.95 bits per heavy atom. The minimum atomic E-state index is -1.23. The van der Waals surface area contributed by atoms with E-state index < -0.39 is 29.8 Å². The standard InChI is InChI=1S/C12H21FN2O4/c1-12(2,3)19-11(17)15-7-8(13)6-9(15)10(16)14(4)18-5/h8-9H,6-7H2,1-5H3. The van der Waals surface area contributed by atoms with E-state index in [0.29, 0.717) is 0 Å². The Kier molecular flexibility index (Phi) is 4.73. The van der Waals surface area contributed by atoms with Crippen LogP contribution in [0.2, 0.25) is 0 Å². The third-order valence-corrected chi connectivity index (χ3v) is 2.75. The van der Waals surface area contributed by atoms with Crippen molar-refractivity contribution in [2.75, 3.05) is 20.7 Å². The van der Waals surface area contributed by atoms with Gasteiger partial charge in [-0.3, -0.25) is 14.5 Å². The summed E-state index contributed by atoms with van der Waals surface area (Å²) in [5.41, 5.74) is -0.688. The number of halogens is 1. The van der Waals surface area contributed by atoms with E-state index in [1.165, 1.54) is 14.2 Å². The second kappa shape index (κ2) is 5.73. The number of hydrogen-bond donors (Lipinski definition) is 0. The van der Waals surface area contributed by atoms with Crippen LogP contribution in [0.3, 0.4) is 0 Å². The number of hydrogen-bond acceptors (Lipinski definition) is 4. The first-order chi connectivity index (χ1) is 8.65. The molecule has 0 aromatic heterocycles. The van der Waals surface area contributed by atoms with E-state index in [1.54, 1.807) is 20.8 Å². The summed E-state index contributed by atoms with van der Waals surface area (Å²) < 4.78 is 18.7. The Hall–Kier alpha value is -1.37. The van der Waals surface area contributed by atoms with E-state index in [9.17, 15) is 14.0 Å². The van der Waals surface area contributed by atoms with Crippen molar-refractivity contribution in [2.45, 2.75) is 45.0 Å². The molecule has 0 aliphatic carbocycles. The van der Waals surface area contributed by atoms with Gasteiger partial charge in [-0.15, -0.1) is 0 Å². The van der Waals surface area contributed by atoms with E-state index >= 15 is 0 Å². The molecular weight excluding hydrogens is 255 g/mol. The number of ether oxygens (including phenoxy) is 1. The SMILES string of the molecule is CON(C)C(=O)C1CC(F)CN1C(=O)OC(C)(C)C. The van der Waals surface area contributed by atoms with Crippen LogP contribution in [-0.2, 0) is 14.4 Å². The Balaban J connectivity index is 2.80. The molecule has 6 nitrogen and oxygen atoms in total. The third-order valence-electron chi connectivity index (χ3n) is 2.75. The second-order valence-electron chi connectivity index (χ2n) is 5.50. The zero-order valence-corrected chi connectivity index (χ0v) is 12.0. The molecule has 0 spiro atoms. The number of amides is 2. The maximum Gasteiger partial charge on any atom is 0.411 e.